The van der Waals surface area contributed by atoms with Crippen LogP contribution >= 0.6 is 0 Å². The summed E-state index contributed by atoms with van der Waals surface area (Å²) in [7, 11) is 1.83. The normalized spacial score (nSPS) is 17.9. The largest absolute Gasteiger partial charge is 0.379 e. The third-order valence-corrected chi connectivity index (χ3v) is 2.54. The van der Waals surface area contributed by atoms with Crippen molar-refractivity contribution in [2.24, 2.45) is 7.05 Å². The van der Waals surface area contributed by atoms with E-state index in [1.807, 2.05) is 7.05 Å². The Hall–Kier alpha value is -1.20. The van der Waals surface area contributed by atoms with Crippen molar-refractivity contribution in [1.82, 2.24) is 14.7 Å². The fraction of sp³-hybridized carbons (Fsp3) is 0.600. The van der Waals surface area contributed by atoms with E-state index in [0.29, 0.717) is 5.56 Å². The molecule has 1 saturated heterocycles. The molecule has 0 atom stereocenters. The number of aromatic nitrogens is 2. The second-order valence-electron chi connectivity index (χ2n) is 3.71. The summed E-state index contributed by atoms with van der Waals surface area (Å²) in [6.45, 7) is 4.09. The van der Waals surface area contributed by atoms with E-state index >= 15 is 0 Å². The molecule has 5 heteroatoms. The van der Waals surface area contributed by atoms with Crippen LogP contribution in [0.3, 0.4) is 0 Å². The molecule has 82 valence electrons. The maximum absolute atomic E-state index is 10.8. The third kappa shape index (κ3) is 2.43. The first-order chi connectivity index (χ1) is 7.29. The first-order valence-corrected chi connectivity index (χ1v) is 5.07. The molecule has 1 aromatic rings. The first-order valence-electron chi connectivity index (χ1n) is 5.07. The SMILES string of the molecule is Cn1cc(C=O)c(CN2CCOCC2)n1. The molecule has 0 saturated carbocycles. The molecule has 1 aliphatic rings. The maximum atomic E-state index is 10.8. The Morgan fingerprint density at radius 3 is 2.93 bits per heavy atom. The lowest BCUT2D eigenvalue weighted by molar-refractivity contribution is 0.0335. The Bertz CT molecular complexity index is 342. The molecule has 2 rings (SSSR count). The minimum Gasteiger partial charge on any atom is -0.379 e. The van der Waals surface area contributed by atoms with Gasteiger partial charge in [-0.25, -0.2) is 0 Å². The molecule has 2 heterocycles. The third-order valence-electron chi connectivity index (χ3n) is 2.54. The van der Waals surface area contributed by atoms with E-state index in [0.717, 1.165) is 44.8 Å². The monoisotopic (exact) mass is 209 g/mol. The number of ether oxygens (including phenoxy) is 1. The molecule has 0 radical (unpaired) electrons. The van der Waals surface area contributed by atoms with Crippen LogP contribution in [0.5, 0.6) is 0 Å². The van der Waals surface area contributed by atoms with Crippen LogP contribution < -0.4 is 0 Å². The zero-order chi connectivity index (χ0) is 10.7. The summed E-state index contributed by atoms with van der Waals surface area (Å²) in [5.74, 6) is 0. The first kappa shape index (κ1) is 10.3. The summed E-state index contributed by atoms with van der Waals surface area (Å²) in [6.07, 6.45) is 2.62. The van der Waals surface area contributed by atoms with E-state index < -0.39 is 0 Å². The van der Waals surface area contributed by atoms with Crippen molar-refractivity contribution in [2.75, 3.05) is 26.3 Å². The highest BCUT2D eigenvalue weighted by Gasteiger charge is 2.14. The highest BCUT2D eigenvalue weighted by molar-refractivity contribution is 5.75. The van der Waals surface area contributed by atoms with Gasteiger partial charge in [-0.05, 0) is 0 Å². The average Bonchev–Trinajstić information content (AvgIpc) is 2.60. The van der Waals surface area contributed by atoms with Gasteiger partial charge < -0.3 is 4.74 Å². The van der Waals surface area contributed by atoms with E-state index in [-0.39, 0.29) is 0 Å². The van der Waals surface area contributed by atoms with Gasteiger partial charge >= 0.3 is 0 Å². The molecule has 0 aliphatic carbocycles. The number of carbonyl (C=O) groups excluding carboxylic acids is 1. The highest BCUT2D eigenvalue weighted by atomic mass is 16.5. The lowest BCUT2D eigenvalue weighted by atomic mass is 10.2. The molecule has 1 aromatic heterocycles. The van der Waals surface area contributed by atoms with Crippen LogP contribution in [0, 0.1) is 0 Å². The van der Waals surface area contributed by atoms with Crippen molar-refractivity contribution in [3.8, 4) is 0 Å². The summed E-state index contributed by atoms with van der Waals surface area (Å²) in [5.41, 5.74) is 1.54. The molecule has 0 spiro atoms. The van der Waals surface area contributed by atoms with Crippen molar-refractivity contribution in [2.45, 2.75) is 6.54 Å². The predicted molar refractivity (Wildman–Crippen MR) is 54.7 cm³/mol. The highest BCUT2D eigenvalue weighted by Crippen LogP contribution is 2.08. The molecule has 0 bridgehead atoms. The Balaban J connectivity index is 2.05. The minimum absolute atomic E-state index is 0.684. The summed E-state index contributed by atoms with van der Waals surface area (Å²) in [6, 6.07) is 0. The van der Waals surface area contributed by atoms with Crippen LogP contribution in [0.2, 0.25) is 0 Å². The number of hydrogen-bond acceptors (Lipinski definition) is 4. The number of hydrogen-bond donors (Lipinski definition) is 0. The standard InChI is InChI=1S/C10H15N3O2/c1-12-6-9(8-14)10(11-12)7-13-2-4-15-5-3-13/h6,8H,2-5,7H2,1H3. The van der Waals surface area contributed by atoms with Crippen LogP contribution in [-0.4, -0.2) is 47.3 Å². The second kappa shape index (κ2) is 4.55. The lowest BCUT2D eigenvalue weighted by Crippen LogP contribution is -2.36. The number of aldehydes is 1. The van der Waals surface area contributed by atoms with Crippen LogP contribution in [0.1, 0.15) is 16.1 Å². The smallest absolute Gasteiger partial charge is 0.153 e. The van der Waals surface area contributed by atoms with Gasteiger partial charge in [0.15, 0.2) is 6.29 Å². The number of morpholine rings is 1. The van der Waals surface area contributed by atoms with E-state index in [1.165, 1.54) is 0 Å². The molecule has 0 unspecified atom stereocenters. The topological polar surface area (TPSA) is 47.4 Å². The predicted octanol–water partition coefficient (Wildman–Crippen LogP) is 0.0648. The molecular weight excluding hydrogens is 194 g/mol. The molecule has 0 aromatic carbocycles. The number of carbonyl (C=O) groups is 1. The van der Waals surface area contributed by atoms with Crippen LogP contribution in [0.25, 0.3) is 0 Å². The number of aryl methyl sites for hydroxylation is 1. The molecule has 15 heavy (non-hydrogen) atoms. The van der Waals surface area contributed by atoms with Gasteiger partial charge in [0.2, 0.25) is 0 Å². The Kier molecular flexibility index (Phi) is 3.13. The zero-order valence-electron chi connectivity index (χ0n) is 8.85. The molecule has 0 amide bonds. The van der Waals surface area contributed by atoms with Crippen LogP contribution in [0.4, 0.5) is 0 Å². The number of rotatable bonds is 3. The van der Waals surface area contributed by atoms with Gasteiger partial charge in [0, 0.05) is 32.9 Å². The molecule has 0 N–H and O–H groups in total. The zero-order valence-corrected chi connectivity index (χ0v) is 8.85. The van der Waals surface area contributed by atoms with Gasteiger partial charge in [0.25, 0.3) is 0 Å². The maximum Gasteiger partial charge on any atom is 0.153 e. The van der Waals surface area contributed by atoms with Crippen molar-refractivity contribution < 1.29 is 9.53 Å². The minimum atomic E-state index is 0.684. The molecule has 5 nitrogen and oxygen atoms in total. The number of nitrogens with zero attached hydrogens (tertiary/aromatic N) is 3. The summed E-state index contributed by atoms with van der Waals surface area (Å²) >= 11 is 0. The van der Waals surface area contributed by atoms with Crippen LogP contribution in [-0.2, 0) is 18.3 Å². The van der Waals surface area contributed by atoms with Crippen molar-refractivity contribution in [3.05, 3.63) is 17.5 Å². The molecular formula is C10H15N3O2. The van der Waals surface area contributed by atoms with Gasteiger partial charge in [0.05, 0.1) is 24.5 Å². The average molecular weight is 209 g/mol. The molecule has 1 fully saturated rings. The van der Waals surface area contributed by atoms with Crippen molar-refractivity contribution in [1.29, 1.82) is 0 Å². The van der Waals surface area contributed by atoms with Gasteiger partial charge in [-0.3, -0.25) is 14.4 Å². The van der Waals surface area contributed by atoms with E-state index in [2.05, 4.69) is 10.00 Å². The van der Waals surface area contributed by atoms with Crippen molar-refractivity contribution in [3.63, 3.8) is 0 Å². The van der Waals surface area contributed by atoms with Gasteiger partial charge in [-0.1, -0.05) is 0 Å². The van der Waals surface area contributed by atoms with E-state index in [1.54, 1.807) is 10.9 Å². The molecule has 1 aliphatic heterocycles. The fourth-order valence-corrected chi connectivity index (χ4v) is 1.75. The summed E-state index contributed by atoms with van der Waals surface area (Å²) in [5, 5.41) is 4.28. The van der Waals surface area contributed by atoms with E-state index in [9.17, 15) is 4.79 Å². The van der Waals surface area contributed by atoms with Gasteiger partial charge in [0.1, 0.15) is 0 Å². The van der Waals surface area contributed by atoms with Crippen LogP contribution in [0.15, 0.2) is 6.20 Å². The lowest BCUT2D eigenvalue weighted by Gasteiger charge is -2.25. The van der Waals surface area contributed by atoms with Crippen molar-refractivity contribution >= 4 is 6.29 Å². The summed E-state index contributed by atoms with van der Waals surface area (Å²) < 4.78 is 6.94. The van der Waals surface area contributed by atoms with Gasteiger partial charge in [-0.15, -0.1) is 0 Å². The quantitative estimate of drug-likeness (QED) is 0.661. The Morgan fingerprint density at radius 2 is 2.27 bits per heavy atom. The Morgan fingerprint density at radius 1 is 1.53 bits per heavy atom. The fourth-order valence-electron chi connectivity index (χ4n) is 1.75. The van der Waals surface area contributed by atoms with E-state index in [4.69, 9.17) is 4.74 Å². The second-order valence-corrected chi connectivity index (χ2v) is 3.71. The van der Waals surface area contributed by atoms with Gasteiger partial charge in [-0.2, -0.15) is 5.10 Å². The summed E-state index contributed by atoms with van der Waals surface area (Å²) in [4.78, 5) is 13.0. The Labute approximate surface area is 88.6 Å².